The van der Waals surface area contributed by atoms with Gasteiger partial charge in [-0.2, -0.15) is 0 Å². The molecule has 1 saturated carbocycles. The summed E-state index contributed by atoms with van der Waals surface area (Å²) in [5.41, 5.74) is 6.13. The van der Waals surface area contributed by atoms with Gasteiger partial charge in [0.25, 0.3) is 0 Å². The van der Waals surface area contributed by atoms with Gasteiger partial charge in [0.05, 0.1) is 17.8 Å². The van der Waals surface area contributed by atoms with Gasteiger partial charge >= 0.3 is 0 Å². The summed E-state index contributed by atoms with van der Waals surface area (Å²) in [4.78, 5) is 4.21. The van der Waals surface area contributed by atoms with Crippen LogP contribution in [-0.4, -0.2) is 32.2 Å². The fourth-order valence-corrected chi connectivity index (χ4v) is 3.81. The number of nitrogens with one attached hydrogen (secondary N) is 1. The molecule has 2 aliphatic rings. The Labute approximate surface area is 118 Å². The molecule has 1 aromatic rings. The largest absolute Gasteiger partial charge is 0.376 e. The number of pyridine rings is 1. The molecule has 0 bridgehead atoms. The van der Waals surface area contributed by atoms with Crippen molar-refractivity contribution in [2.45, 2.75) is 42.8 Å². The molecule has 6 nitrogen and oxygen atoms in total. The van der Waals surface area contributed by atoms with Crippen LogP contribution in [0.2, 0.25) is 0 Å². The minimum absolute atomic E-state index is 0.0287. The molecule has 0 radical (unpaired) electrons. The van der Waals surface area contributed by atoms with Gasteiger partial charge in [-0.3, -0.25) is 4.98 Å². The van der Waals surface area contributed by atoms with E-state index in [2.05, 4.69) is 9.71 Å². The average molecular weight is 297 g/mol. The van der Waals surface area contributed by atoms with Crippen molar-refractivity contribution in [3.05, 3.63) is 24.0 Å². The minimum Gasteiger partial charge on any atom is -0.376 e. The highest BCUT2D eigenvalue weighted by molar-refractivity contribution is 7.89. The second-order valence-corrected chi connectivity index (χ2v) is 7.09. The van der Waals surface area contributed by atoms with E-state index in [0.29, 0.717) is 24.8 Å². The number of nitrogens with zero attached hydrogens (tertiary/aromatic N) is 1. The smallest absolute Gasteiger partial charge is 0.242 e. The summed E-state index contributed by atoms with van der Waals surface area (Å²) in [5, 5.41) is 0. The van der Waals surface area contributed by atoms with Crippen LogP contribution in [-0.2, 0) is 21.3 Å². The van der Waals surface area contributed by atoms with Gasteiger partial charge in [-0.1, -0.05) is 0 Å². The Bertz CT molecular complexity index is 569. The molecular formula is C13H19N3O3S. The highest BCUT2D eigenvalue weighted by atomic mass is 32.2. The summed E-state index contributed by atoms with van der Waals surface area (Å²) in [6, 6.07) is 3.05. The summed E-state index contributed by atoms with van der Waals surface area (Å²) in [5.74, 6) is 0.517. The van der Waals surface area contributed by atoms with Crippen LogP contribution in [0.1, 0.15) is 25.0 Å². The third-order valence-corrected chi connectivity index (χ3v) is 5.32. The molecule has 2 unspecified atom stereocenters. The lowest BCUT2D eigenvalue weighted by Crippen LogP contribution is -2.41. The molecule has 0 aromatic carbocycles. The number of aromatic nitrogens is 1. The maximum Gasteiger partial charge on any atom is 0.242 e. The first kappa shape index (κ1) is 13.9. The molecule has 2 atom stereocenters. The van der Waals surface area contributed by atoms with E-state index in [-0.39, 0.29) is 17.0 Å². The Morgan fingerprint density at radius 3 is 2.75 bits per heavy atom. The van der Waals surface area contributed by atoms with Crippen molar-refractivity contribution in [3.63, 3.8) is 0 Å². The van der Waals surface area contributed by atoms with E-state index >= 15 is 0 Å². The van der Waals surface area contributed by atoms with E-state index < -0.39 is 10.0 Å². The first-order valence-corrected chi connectivity index (χ1v) is 8.37. The average Bonchev–Trinajstić information content (AvgIpc) is 3.19. The number of hydrogen-bond acceptors (Lipinski definition) is 5. The first-order chi connectivity index (χ1) is 9.60. The van der Waals surface area contributed by atoms with Crippen molar-refractivity contribution in [1.82, 2.24) is 9.71 Å². The van der Waals surface area contributed by atoms with Crippen LogP contribution in [0.25, 0.3) is 0 Å². The fourth-order valence-electron chi connectivity index (χ4n) is 2.58. The van der Waals surface area contributed by atoms with Crippen molar-refractivity contribution in [3.8, 4) is 0 Å². The maximum atomic E-state index is 12.3. The summed E-state index contributed by atoms with van der Waals surface area (Å²) in [6.45, 7) is 0.923. The molecule has 3 rings (SSSR count). The number of nitrogens with two attached hydrogens (primary N) is 1. The van der Waals surface area contributed by atoms with Crippen LogP contribution < -0.4 is 10.5 Å². The molecule has 1 aromatic heterocycles. The van der Waals surface area contributed by atoms with Gasteiger partial charge in [0.15, 0.2) is 0 Å². The monoisotopic (exact) mass is 297 g/mol. The van der Waals surface area contributed by atoms with E-state index in [1.165, 1.54) is 6.20 Å². The molecule has 110 valence electrons. The molecule has 2 heterocycles. The Kier molecular flexibility index (Phi) is 3.76. The van der Waals surface area contributed by atoms with Crippen LogP contribution in [0.15, 0.2) is 23.2 Å². The van der Waals surface area contributed by atoms with Crippen molar-refractivity contribution in [2.24, 2.45) is 11.7 Å². The van der Waals surface area contributed by atoms with Crippen molar-refractivity contribution < 1.29 is 13.2 Å². The van der Waals surface area contributed by atoms with Gasteiger partial charge in [0, 0.05) is 19.3 Å². The lowest BCUT2D eigenvalue weighted by atomic mass is 10.1. The van der Waals surface area contributed by atoms with Gasteiger partial charge in [0.1, 0.15) is 4.90 Å². The van der Waals surface area contributed by atoms with E-state index in [1.54, 1.807) is 12.1 Å². The predicted octanol–water partition coefficient (Wildman–Crippen LogP) is 0.386. The third kappa shape index (κ3) is 2.85. The predicted molar refractivity (Wildman–Crippen MR) is 73.3 cm³/mol. The highest BCUT2D eigenvalue weighted by Crippen LogP contribution is 2.39. The molecule has 2 fully saturated rings. The fraction of sp³-hybridized carbons (Fsp3) is 0.615. The molecule has 1 aliphatic carbocycles. The minimum atomic E-state index is -3.54. The SMILES string of the molecule is NCc1ccc(S(=O)(=O)NC2CCOC2C2CC2)cn1. The molecule has 1 aliphatic heterocycles. The van der Waals surface area contributed by atoms with Crippen LogP contribution in [0.4, 0.5) is 0 Å². The van der Waals surface area contributed by atoms with Gasteiger partial charge in [-0.05, 0) is 37.3 Å². The van der Waals surface area contributed by atoms with Gasteiger partial charge in [-0.15, -0.1) is 0 Å². The Morgan fingerprint density at radius 1 is 1.35 bits per heavy atom. The molecule has 20 heavy (non-hydrogen) atoms. The van der Waals surface area contributed by atoms with E-state index in [4.69, 9.17) is 10.5 Å². The summed E-state index contributed by atoms with van der Waals surface area (Å²) in [6.07, 6.45) is 4.38. The highest BCUT2D eigenvalue weighted by Gasteiger charge is 2.42. The van der Waals surface area contributed by atoms with Crippen LogP contribution in [0, 0.1) is 5.92 Å². The molecule has 0 spiro atoms. The summed E-state index contributed by atoms with van der Waals surface area (Å²) in [7, 11) is -3.54. The topological polar surface area (TPSA) is 94.3 Å². The lowest BCUT2D eigenvalue weighted by Gasteiger charge is -2.19. The Morgan fingerprint density at radius 2 is 2.15 bits per heavy atom. The van der Waals surface area contributed by atoms with Gasteiger partial charge in [-0.25, -0.2) is 13.1 Å². The summed E-state index contributed by atoms with van der Waals surface area (Å²) < 4.78 is 33.1. The quantitative estimate of drug-likeness (QED) is 0.819. The van der Waals surface area contributed by atoms with Crippen molar-refractivity contribution in [2.75, 3.05) is 6.61 Å². The Balaban J connectivity index is 1.73. The summed E-state index contributed by atoms with van der Waals surface area (Å²) >= 11 is 0. The zero-order valence-electron chi connectivity index (χ0n) is 11.2. The third-order valence-electron chi connectivity index (χ3n) is 3.85. The number of sulfonamides is 1. The van der Waals surface area contributed by atoms with E-state index in [9.17, 15) is 8.42 Å². The zero-order valence-corrected chi connectivity index (χ0v) is 12.0. The lowest BCUT2D eigenvalue weighted by molar-refractivity contribution is 0.0848. The first-order valence-electron chi connectivity index (χ1n) is 6.89. The van der Waals surface area contributed by atoms with Crippen LogP contribution >= 0.6 is 0 Å². The van der Waals surface area contributed by atoms with Crippen LogP contribution in [0.3, 0.4) is 0 Å². The van der Waals surface area contributed by atoms with E-state index in [1.807, 2.05) is 0 Å². The number of ether oxygens (including phenoxy) is 1. The Hall–Kier alpha value is -1.02. The normalized spacial score (nSPS) is 26.9. The molecule has 0 amide bonds. The van der Waals surface area contributed by atoms with Crippen molar-refractivity contribution >= 4 is 10.0 Å². The second-order valence-electron chi connectivity index (χ2n) is 5.38. The molecule has 7 heteroatoms. The zero-order chi connectivity index (χ0) is 14.2. The molecular weight excluding hydrogens is 278 g/mol. The van der Waals surface area contributed by atoms with Gasteiger partial charge in [0.2, 0.25) is 10.0 Å². The standard InChI is InChI=1S/C13H19N3O3S/c14-7-10-3-4-11(8-15-10)20(17,18)16-12-5-6-19-13(12)9-1-2-9/h3-4,8-9,12-13,16H,1-2,5-7,14H2. The van der Waals surface area contributed by atoms with E-state index in [0.717, 1.165) is 19.3 Å². The maximum absolute atomic E-state index is 12.3. The number of rotatable bonds is 5. The van der Waals surface area contributed by atoms with Gasteiger partial charge < -0.3 is 10.5 Å². The molecule has 1 saturated heterocycles. The second kappa shape index (κ2) is 5.40. The van der Waals surface area contributed by atoms with Crippen molar-refractivity contribution in [1.29, 1.82) is 0 Å². The van der Waals surface area contributed by atoms with Crippen LogP contribution in [0.5, 0.6) is 0 Å². The number of hydrogen-bond donors (Lipinski definition) is 2. The molecule has 3 N–H and O–H groups in total.